The van der Waals surface area contributed by atoms with E-state index in [1.54, 1.807) is 64.3 Å². The van der Waals surface area contributed by atoms with Crippen LogP contribution in [0.15, 0.2) is 69.6 Å². The van der Waals surface area contributed by atoms with Crippen LogP contribution in [0.25, 0.3) is 6.08 Å². The lowest BCUT2D eigenvalue weighted by molar-refractivity contribution is -0.145. The molecule has 0 saturated heterocycles. The second-order valence-corrected chi connectivity index (χ2v) is 9.22. The van der Waals surface area contributed by atoms with E-state index in [0.717, 1.165) is 5.56 Å². The summed E-state index contributed by atoms with van der Waals surface area (Å²) in [7, 11) is 1.54. The minimum absolute atomic E-state index is 0.184. The molecule has 9 nitrogen and oxygen atoms in total. The fraction of sp³-hybridized carbons (Fsp3) is 0.286. The second kappa shape index (κ2) is 11.9. The zero-order valence-corrected chi connectivity index (χ0v) is 22.4. The third-order valence-corrected chi connectivity index (χ3v) is 6.77. The third-order valence-electron chi connectivity index (χ3n) is 5.79. The molecule has 4 rings (SSSR count). The van der Waals surface area contributed by atoms with Crippen LogP contribution in [0.1, 0.15) is 37.9 Å². The van der Waals surface area contributed by atoms with Crippen molar-refractivity contribution in [3.63, 3.8) is 0 Å². The van der Waals surface area contributed by atoms with E-state index in [0.29, 0.717) is 37.7 Å². The number of carbonyl (C=O) groups is 2. The molecule has 2 heterocycles. The highest BCUT2D eigenvalue weighted by atomic mass is 32.1. The largest absolute Gasteiger partial charge is 0.496 e. The smallest absolute Gasteiger partial charge is 0.344 e. The predicted molar refractivity (Wildman–Crippen MR) is 142 cm³/mol. The van der Waals surface area contributed by atoms with Crippen LogP contribution in [-0.4, -0.2) is 43.4 Å². The van der Waals surface area contributed by atoms with Crippen molar-refractivity contribution in [1.29, 1.82) is 0 Å². The molecule has 0 aliphatic carbocycles. The van der Waals surface area contributed by atoms with Crippen LogP contribution in [-0.2, 0) is 19.1 Å². The first kappa shape index (κ1) is 26.9. The van der Waals surface area contributed by atoms with Gasteiger partial charge in [-0.2, -0.15) is 0 Å². The lowest BCUT2D eigenvalue weighted by atomic mass is 9.95. The van der Waals surface area contributed by atoms with Crippen LogP contribution in [0.4, 0.5) is 0 Å². The van der Waals surface area contributed by atoms with E-state index in [1.807, 2.05) is 18.2 Å². The number of aromatic nitrogens is 1. The first-order chi connectivity index (χ1) is 18.4. The highest BCUT2D eigenvalue weighted by Gasteiger charge is 2.34. The number of methoxy groups -OCH3 is 1. The molecule has 38 heavy (non-hydrogen) atoms. The number of hydrogen-bond acceptors (Lipinski definition) is 9. The SMILES string of the molecule is CCOC(=O)COc1ccc(/C=c2\sc3n(c2=O)[C@@H](c2ccccc2OC)C(C(=O)OCC)=C(C)N=3)cc1. The quantitative estimate of drug-likeness (QED) is 0.387. The van der Waals surface area contributed by atoms with Crippen molar-refractivity contribution in [1.82, 2.24) is 4.57 Å². The number of thiazole rings is 1. The predicted octanol–water partition coefficient (Wildman–Crippen LogP) is 2.75. The van der Waals surface area contributed by atoms with Crippen LogP contribution < -0.4 is 24.4 Å². The van der Waals surface area contributed by atoms with Gasteiger partial charge in [-0.15, -0.1) is 0 Å². The highest BCUT2D eigenvalue weighted by Crippen LogP contribution is 2.35. The first-order valence-electron chi connectivity index (χ1n) is 12.1. The minimum Gasteiger partial charge on any atom is -0.496 e. The average molecular weight is 537 g/mol. The number of fused-ring (bicyclic) bond motifs is 1. The number of hydrogen-bond donors (Lipinski definition) is 0. The molecule has 10 heteroatoms. The van der Waals surface area contributed by atoms with E-state index in [-0.39, 0.29) is 25.4 Å². The Kier molecular flexibility index (Phi) is 8.42. The Morgan fingerprint density at radius 2 is 1.76 bits per heavy atom. The molecule has 0 bridgehead atoms. The summed E-state index contributed by atoms with van der Waals surface area (Å²) in [6, 6.07) is 13.5. The molecule has 0 radical (unpaired) electrons. The Morgan fingerprint density at radius 3 is 2.45 bits per heavy atom. The van der Waals surface area contributed by atoms with Gasteiger partial charge in [0.1, 0.15) is 17.5 Å². The molecule has 0 saturated carbocycles. The summed E-state index contributed by atoms with van der Waals surface area (Å²) in [6.07, 6.45) is 1.75. The van der Waals surface area contributed by atoms with Crippen molar-refractivity contribution in [2.75, 3.05) is 26.9 Å². The first-order valence-corrected chi connectivity index (χ1v) is 12.9. The topological polar surface area (TPSA) is 105 Å². The Labute approximate surface area is 223 Å². The zero-order chi connectivity index (χ0) is 27.2. The fourth-order valence-corrected chi connectivity index (χ4v) is 5.18. The second-order valence-electron chi connectivity index (χ2n) is 8.21. The summed E-state index contributed by atoms with van der Waals surface area (Å²) < 4.78 is 23.2. The molecule has 0 fully saturated rings. The maximum absolute atomic E-state index is 13.7. The Balaban J connectivity index is 1.77. The molecular weight excluding hydrogens is 508 g/mol. The van der Waals surface area contributed by atoms with Crippen molar-refractivity contribution < 1.29 is 28.5 Å². The van der Waals surface area contributed by atoms with Crippen molar-refractivity contribution in [2.45, 2.75) is 26.8 Å². The summed E-state index contributed by atoms with van der Waals surface area (Å²) in [6.45, 7) is 5.50. The van der Waals surface area contributed by atoms with Gasteiger partial charge in [-0.3, -0.25) is 9.36 Å². The van der Waals surface area contributed by atoms with E-state index < -0.39 is 18.0 Å². The molecule has 1 aliphatic rings. The Morgan fingerprint density at radius 1 is 1.05 bits per heavy atom. The molecular formula is C28H28N2O7S. The number of ether oxygens (including phenoxy) is 4. The monoisotopic (exact) mass is 536 g/mol. The van der Waals surface area contributed by atoms with Gasteiger partial charge in [-0.1, -0.05) is 41.7 Å². The van der Waals surface area contributed by atoms with Gasteiger partial charge in [0, 0.05) is 5.56 Å². The van der Waals surface area contributed by atoms with Gasteiger partial charge in [0.25, 0.3) is 5.56 Å². The number of para-hydroxylation sites is 1. The summed E-state index contributed by atoms with van der Waals surface area (Å²) in [5, 5.41) is 0. The minimum atomic E-state index is -0.762. The number of esters is 2. The van der Waals surface area contributed by atoms with E-state index in [1.165, 1.54) is 15.9 Å². The van der Waals surface area contributed by atoms with Gasteiger partial charge in [0.2, 0.25) is 0 Å². The molecule has 3 aromatic rings. The molecule has 2 aromatic carbocycles. The molecule has 0 amide bonds. The molecule has 1 aliphatic heterocycles. The Hall–Kier alpha value is -4.18. The third kappa shape index (κ3) is 5.55. The zero-order valence-electron chi connectivity index (χ0n) is 21.6. The summed E-state index contributed by atoms with van der Waals surface area (Å²) >= 11 is 1.23. The molecule has 0 N–H and O–H groups in total. The number of rotatable bonds is 9. The highest BCUT2D eigenvalue weighted by molar-refractivity contribution is 7.07. The summed E-state index contributed by atoms with van der Waals surface area (Å²) in [4.78, 5) is 43.3. The van der Waals surface area contributed by atoms with Crippen molar-refractivity contribution in [3.8, 4) is 11.5 Å². The number of nitrogens with zero attached hydrogens (tertiary/aromatic N) is 2. The van der Waals surface area contributed by atoms with Crippen LogP contribution in [0.5, 0.6) is 11.5 Å². The maximum Gasteiger partial charge on any atom is 0.344 e. The van der Waals surface area contributed by atoms with E-state index in [9.17, 15) is 14.4 Å². The van der Waals surface area contributed by atoms with Gasteiger partial charge in [-0.05, 0) is 50.6 Å². The summed E-state index contributed by atoms with van der Waals surface area (Å²) in [5.74, 6) is 0.0710. The van der Waals surface area contributed by atoms with Crippen molar-refractivity contribution in [3.05, 3.63) is 90.6 Å². The van der Waals surface area contributed by atoms with E-state index >= 15 is 0 Å². The van der Waals surface area contributed by atoms with Crippen LogP contribution in [0, 0.1) is 0 Å². The standard InChI is InChI=1S/C28H28N2O7S/c1-5-35-23(31)16-37-19-13-11-18(12-14-19)15-22-26(32)30-25(20-9-7-8-10-21(20)34-4)24(27(33)36-6-2)17(3)29-28(30)38-22/h7-15,25H,5-6,16H2,1-4H3/b22-15-/t25-/m0/s1. The number of allylic oxidation sites excluding steroid dienone is 1. The lowest BCUT2D eigenvalue weighted by Gasteiger charge is -2.25. The fourth-order valence-electron chi connectivity index (χ4n) is 4.13. The van der Waals surface area contributed by atoms with E-state index in [2.05, 4.69) is 4.99 Å². The van der Waals surface area contributed by atoms with Gasteiger partial charge < -0.3 is 18.9 Å². The van der Waals surface area contributed by atoms with Gasteiger partial charge in [0.15, 0.2) is 11.4 Å². The Bertz CT molecular complexity index is 1550. The molecule has 0 unspecified atom stereocenters. The summed E-state index contributed by atoms with van der Waals surface area (Å²) in [5.41, 5.74) is 1.90. The molecule has 1 atom stereocenters. The van der Waals surface area contributed by atoms with E-state index in [4.69, 9.17) is 18.9 Å². The molecule has 0 spiro atoms. The molecule has 1 aromatic heterocycles. The van der Waals surface area contributed by atoms with Gasteiger partial charge in [0.05, 0.1) is 36.1 Å². The van der Waals surface area contributed by atoms with Gasteiger partial charge in [-0.25, -0.2) is 14.6 Å². The van der Waals surface area contributed by atoms with Crippen molar-refractivity contribution in [2.24, 2.45) is 4.99 Å². The normalized spacial score (nSPS) is 14.9. The van der Waals surface area contributed by atoms with Crippen molar-refractivity contribution >= 4 is 29.4 Å². The number of benzene rings is 2. The number of carbonyl (C=O) groups excluding carboxylic acids is 2. The van der Waals surface area contributed by atoms with Crippen LogP contribution in [0.3, 0.4) is 0 Å². The van der Waals surface area contributed by atoms with Crippen LogP contribution >= 0.6 is 11.3 Å². The van der Waals surface area contributed by atoms with Crippen LogP contribution in [0.2, 0.25) is 0 Å². The average Bonchev–Trinajstić information content (AvgIpc) is 3.21. The lowest BCUT2D eigenvalue weighted by Crippen LogP contribution is -2.40. The van der Waals surface area contributed by atoms with Gasteiger partial charge >= 0.3 is 11.9 Å². The maximum atomic E-state index is 13.7. The molecule has 198 valence electrons.